The summed E-state index contributed by atoms with van der Waals surface area (Å²) in [5.74, 6) is -2.56. The highest BCUT2D eigenvalue weighted by Crippen LogP contribution is 2.25. The fraction of sp³-hybridized carbons (Fsp3) is 0.188. The fourth-order valence-electron chi connectivity index (χ4n) is 2.07. The van der Waals surface area contributed by atoms with Crippen LogP contribution < -0.4 is 5.32 Å². The second kappa shape index (κ2) is 7.94. The van der Waals surface area contributed by atoms with Crippen molar-refractivity contribution in [3.05, 3.63) is 54.1 Å². The first-order valence-electron chi connectivity index (χ1n) is 7.10. The number of anilines is 1. The van der Waals surface area contributed by atoms with Crippen LogP contribution in [0.25, 0.3) is 0 Å². The Kier molecular flexibility index (Phi) is 6.15. The molecule has 0 atom stereocenters. The van der Waals surface area contributed by atoms with Crippen LogP contribution in [-0.4, -0.2) is 38.5 Å². The highest BCUT2D eigenvalue weighted by Gasteiger charge is 2.26. The average Bonchev–Trinajstić information content (AvgIpc) is 2.57. The summed E-state index contributed by atoms with van der Waals surface area (Å²) in [5, 5.41) is 2.61. The zero-order valence-corrected chi connectivity index (χ0v) is 15.1. The Balaban J connectivity index is 2.16. The number of nitrogens with zero attached hydrogens (tertiary/aromatic N) is 1. The molecular weight excluding hydrogens is 370 g/mol. The van der Waals surface area contributed by atoms with Crippen molar-refractivity contribution in [2.24, 2.45) is 0 Å². The van der Waals surface area contributed by atoms with E-state index < -0.39 is 39.0 Å². The van der Waals surface area contributed by atoms with Gasteiger partial charge in [-0.15, -0.1) is 11.8 Å². The van der Waals surface area contributed by atoms with Crippen LogP contribution in [-0.2, 0) is 14.8 Å². The molecule has 0 aliphatic heterocycles. The molecule has 134 valence electrons. The van der Waals surface area contributed by atoms with E-state index in [1.165, 1.54) is 11.8 Å². The molecule has 0 spiro atoms. The number of carbonyl (C=O) groups is 1. The smallest absolute Gasteiger partial charge is 0.246 e. The number of thioether (sulfide) groups is 1. The van der Waals surface area contributed by atoms with E-state index in [9.17, 15) is 22.0 Å². The largest absolute Gasteiger partial charge is 0.324 e. The first kappa shape index (κ1) is 19.4. The Morgan fingerprint density at radius 2 is 1.88 bits per heavy atom. The molecule has 2 aromatic carbocycles. The summed E-state index contributed by atoms with van der Waals surface area (Å²) < 4.78 is 52.3. The first-order valence-corrected chi connectivity index (χ1v) is 9.76. The molecular formula is C16H16F2N2O3S2. The zero-order valence-electron chi connectivity index (χ0n) is 13.5. The van der Waals surface area contributed by atoms with Crippen LogP contribution in [0, 0.1) is 11.6 Å². The van der Waals surface area contributed by atoms with Crippen molar-refractivity contribution in [1.29, 1.82) is 0 Å². The lowest BCUT2D eigenvalue weighted by molar-refractivity contribution is -0.116. The van der Waals surface area contributed by atoms with Crippen molar-refractivity contribution in [2.45, 2.75) is 9.79 Å². The van der Waals surface area contributed by atoms with Crippen LogP contribution in [0.4, 0.5) is 14.5 Å². The van der Waals surface area contributed by atoms with Crippen LogP contribution in [0.3, 0.4) is 0 Å². The lowest BCUT2D eigenvalue weighted by Gasteiger charge is -2.18. The first-order chi connectivity index (χ1) is 11.8. The molecule has 0 heterocycles. The molecule has 1 amide bonds. The van der Waals surface area contributed by atoms with Gasteiger partial charge in [0.15, 0.2) is 0 Å². The lowest BCUT2D eigenvalue weighted by Crippen LogP contribution is -2.35. The molecule has 0 bridgehead atoms. The SMILES string of the molecule is CSc1ccccc1NC(=O)CN(C)S(=O)(=O)c1cc(F)ccc1F. The van der Waals surface area contributed by atoms with Gasteiger partial charge in [-0.1, -0.05) is 12.1 Å². The van der Waals surface area contributed by atoms with Gasteiger partial charge in [0.05, 0.1) is 12.2 Å². The number of halogens is 2. The summed E-state index contributed by atoms with van der Waals surface area (Å²) in [5.41, 5.74) is 0.544. The van der Waals surface area contributed by atoms with Crippen molar-refractivity contribution in [1.82, 2.24) is 4.31 Å². The third-order valence-electron chi connectivity index (χ3n) is 3.33. The Morgan fingerprint density at radius 1 is 1.20 bits per heavy atom. The molecule has 2 rings (SSSR count). The van der Waals surface area contributed by atoms with Gasteiger partial charge in [0.2, 0.25) is 15.9 Å². The van der Waals surface area contributed by atoms with Crippen molar-refractivity contribution in [3.8, 4) is 0 Å². The second-order valence-corrected chi connectivity index (χ2v) is 7.95. The summed E-state index contributed by atoms with van der Waals surface area (Å²) in [6.45, 7) is -0.541. The molecule has 9 heteroatoms. The number of likely N-dealkylation sites (N-methyl/N-ethyl adjacent to an activating group) is 1. The predicted molar refractivity (Wildman–Crippen MR) is 93.0 cm³/mol. The van der Waals surface area contributed by atoms with E-state index in [1.54, 1.807) is 12.1 Å². The molecule has 1 N–H and O–H groups in total. The zero-order chi connectivity index (χ0) is 18.6. The lowest BCUT2D eigenvalue weighted by atomic mass is 10.3. The molecule has 0 aliphatic carbocycles. The molecule has 0 aliphatic rings. The molecule has 0 radical (unpaired) electrons. The summed E-state index contributed by atoms with van der Waals surface area (Å²) >= 11 is 1.42. The molecule has 25 heavy (non-hydrogen) atoms. The van der Waals surface area contributed by atoms with E-state index in [2.05, 4.69) is 5.32 Å². The van der Waals surface area contributed by atoms with Crippen molar-refractivity contribution < 1.29 is 22.0 Å². The Bertz CT molecular complexity index is 889. The maximum absolute atomic E-state index is 13.7. The molecule has 2 aromatic rings. The molecule has 0 aromatic heterocycles. The van der Waals surface area contributed by atoms with E-state index in [1.807, 2.05) is 18.4 Å². The summed E-state index contributed by atoms with van der Waals surface area (Å²) in [7, 11) is -3.22. The van der Waals surface area contributed by atoms with Gasteiger partial charge in [-0.3, -0.25) is 4.79 Å². The van der Waals surface area contributed by atoms with E-state index in [0.29, 0.717) is 16.1 Å². The number of para-hydroxylation sites is 1. The van der Waals surface area contributed by atoms with Gasteiger partial charge in [-0.2, -0.15) is 4.31 Å². The summed E-state index contributed by atoms with van der Waals surface area (Å²) in [6.07, 6.45) is 1.84. The second-order valence-electron chi connectivity index (χ2n) is 5.08. The average molecular weight is 386 g/mol. The van der Waals surface area contributed by atoms with Crippen LogP contribution >= 0.6 is 11.8 Å². The third-order valence-corrected chi connectivity index (χ3v) is 5.94. The minimum Gasteiger partial charge on any atom is -0.324 e. The Morgan fingerprint density at radius 3 is 2.56 bits per heavy atom. The number of hydrogen-bond donors (Lipinski definition) is 1. The molecule has 0 saturated heterocycles. The predicted octanol–water partition coefficient (Wildman–Crippen LogP) is 2.95. The summed E-state index contributed by atoms with van der Waals surface area (Å²) in [4.78, 5) is 12.1. The van der Waals surface area contributed by atoms with Crippen molar-refractivity contribution >= 4 is 33.4 Å². The maximum atomic E-state index is 13.7. The van der Waals surface area contributed by atoms with Crippen LogP contribution in [0.15, 0.2) is 52.3 Å². The number of benzene rings is 2. The van der Waals surface area contributed by atoms with Gasteiger partial charge < -0.3 is 5.32 Å². The maximum Gasteiger partial charge on any atom is 0.246 e. The normalized spacial score (nSPS) is 11.6. The van der Waals surface area contributed by atoms with E-state index in [-0.39, 0.29) is 0 Å². The van der Waals surface area contributed by atoms with Gasteiger partial charge in [0.1, 0.15) is 16.5 Å². The van der Waals surface area contributed by atoms with Gasteiger partial charge in [-0.05, 0) is 36.6 Å². The minimum absolute atomic E-state index is 0.541. The van der Waals surface area contributed by atoms with Crippen LogP contribution in [0.2, 0.25) is 0 Å². The van der Waals surface area contributed by atoms with E-state index in [4.69, 9.17) is 0 Å². The minimum atomic E-state index is -4.34. The van der Waals surface area contributed by atoms with Gasteiger partial charge in [0, 0.05) is 11.9 Å². The van der Waals surface area contributed by atoms with Gasteiger partial charge in [0.25, 0.3) is 0 Å². The van der Waals surface area contributed by atoms with E-state index >= 15 is 0 Å². The van der Waals surface area contributed by atoms with Crippen molar-refractivity contribution in [2.75, 3.05) is 25.2 Å². The van der Waals surface area contributed by atoms with Crippen LogP contribution in [0.1, 0.15) is 0 Å². The molecule has 0 saturated carbocycles. The summed E-state index contributed by atoms with van der Waals surface area (Å²) in [6, 6.07) is 9.17. The number of amides is 1. The third kappa shape index (κ3) is 4.56. The number of nitrogens with one attached hydrogen (secondary N) is 1. The number of sulfonamides is 1. The quantitative estimate of drug-likeness (QED) is 0.776. The Hall–Kier alpha value is -1.97. The number of carbonyl (C=O) groups excluding carboxylic acids is 1. The number of rotatable bonds is 6. The number of hydrogen-bond acceptors (Lipinski definition) is 4. The highest BCUT2D eigenvalue weighted by molar-refractivity contribution is 7.98. The Labute approximate surface area is 149 Å². The fourth-order valence-corrected chi connectivity index (χ4v) is 3.82. The standard InChI is InChI=1S/C16H16F2N2O3S2/c1-20(25(22,23)15-9-11(17)7-8-12(15)18)10-16(21)19-13-5-3-4-6-14(13)24-2/h3-9H,10H2,1-2H3,(H,19,21). The van der Waals surface area contributed by atoms with Gasteiger partial charge >= 0.3 is 0 Å². The van der Waals surface area contributed by atoms with Crippen molar-refractivity contribution in [3.63, 3.8) is 0 Å². The monoisotopic (exact) mass is 386 g/mol. The molecule has 0 unspecified atom stereocenters. The highest BCUT2D eigenvalue weighted by atomic mass is 32.2. The topological polar surface area (TPSA) is 66.5 Å². The van der Waals surface area contributed by atoms with Gasteiger partial charge in [-0.25, -0.2) is 17.2 Å². The van der Waals surface area contributed by atoms with Crippen LogP contribution in [0.5, 0.6) is 0 Å². The van der Waals surface area contributed by atoms with E-state index in [0.717, 1.165) is 24.1 Å². The molecule has 0 fully saturated rings. The molecule has 5 nitrogen and oxygen atoms in total.